The highest BCUT2D eigenvalue weighted by molar-refractivity contribution is 6.12. The first-order valence-corrected chi connectivity index (χ1v) is 9.43. The van der Waals surface area contributed by atoms with E-state index >= 15 is 0 Å². The highest BCUT2D eigenvalue weighted by Crippen LogP contribution is 2.27. The van der Waals surface area contributed by atoms with Crippen LogP contribution in [0, 0.1) is 16.7 Å². The lowest BCUT2D eigenvalue weighted by molar-refractivity contribution is -0.147. The Hall–Kier alpha value is -3.16. The van der Waals surface area contributed by atoms with Crippen molar-refractivity contribution in [2.24, 2.45) is 17.1 Å². The minimum absolute atomic E-state index is 0.0391. The Bertz CT molecular complexity index is 834. The van der Waals surface area contributed by atoms with E-state index in [4.69, 9.17) is 16.2 Å². The number of carbonyl (C=O) groups excluding carboxylic acids is 2. The molecule has 0 aliphatic carbocycles. The maximum atomic E-state index is 12.9. The third-order valence-corrected chi connectivity index (χ3v) is 5.28. The summed E-state index contributed by atoms with van der Waals surface area (Å²) < 4.78 is 0. The molecule has 1 saturated heterocycles. The van der Waals surface area contributed by atoms with Gasteiger partial charge in [-0.05, 0) is 32.6 Å². The zero-order valence-electron chi connectivity index (χ0n) is 16.6. The van der Waals surface area contributed by atoms with E-state index in [-0.39, 0.29) is 29.8 Å². The molecule has 0 bridgehead atoms. The van der Waals surface area contributed by atoms with Gasteiger partial charge in [0.25, 0.3) is 0 Å². The van der Waals surface area contributed by atoms with Crippen LogP contribution in [0.25, 0.3) is 5.76 Å². The van der Waals surface area contributed by atoms with Crippen LogP contribution in [0.3, 0.4) is 0 Å². The first-order chi connectivity index (χ1) is 13.5. The molecule has 0 radical (unpaired) electrons. The molecular formula is C21H27N3O5. The van der Waals surface area contributed by atoms with Crippen molar-refractivity contribution in [3.8, 4) is 0 Å². The van der Waals surface area contributed by atoms with Gasteiger partial charge in [-0.2, -0.15) is 0 Å². The number of aliphatic carboxylic acids is 1. The topological polar surface area (TPSA) is 145 Å². The van der Waals surface area contributed by atoms with Gasteiger partial charge < -0.3 is 20.8 Å². The summed E-state index contributed by atoms with van der Waals surface area (Å²) in [4.78, 5) is 38.0. The molecule has 8 heteroatoms. The number of aliphatic hydroxyl groups excluding tert-OH is 1. The molecule has 1 heterocycles. The number of hydrogen-bond acceptors (Lipinski definition) is 5. The average Bonchev–Trinajstić information content (AvgIpc) is 2.67. The SMILES string of the molecule is CC(C)(C(=O)/C=C(\O)c1ccc(C(=N)N)cc1)C(=O)N1CCC(CC(=O)O)CC1. The van der Waals surface area contributed by atoms with Crippen LogP contribution in [0.2, 0.25) is 0 Å². The third-order valence-electron chi connectivity index (χ3n) is 5.28. The van der Waals surface area contributed by atoms with E-state index in [1.807, 2.05) is 0 Å². The van der Waals surface area contributed by atoms with E-state index in [2.05, 4.69) is 0 Å². The van der Waals surface area contributed by atoms with Crippen LogP contribution < -0.4 is 5.73 Å². The monoisotopic (exact) mass is 401 g/mol. The normalized spacial score (nSPS) is 15.8. The van der Waals surface area contributed by atoms with Crippen molar-refractivity contribution in [1.82, 2.24) is 4.90 Å². The number of amidine groups is 1. The lowest BCUT2D eigenvalue weighted by Gasteiger charge is -2.35. The second-order valence-electron chi connectivity index (χ2n) is 7.84. The number of nitrogen functional groups attached to an aromatic ring is 1. The Morgan fingerprint density at radius 3 is 2.14 bits per heavy atom. The summed E-state index contributed by atoms with van der Waals surface area (Å²) in [6, 6.07) is 6.20. The zero-order chi connectivity index (χ0) is 21.8. The lowest BCUT2D eigenvalue weighted by Crippen LogP contribution is -2.48. The number of aliphatic hydroxyl groups is 1. The number of likely N-dealkylation sites (tertiary alicyclic amines) is 1. The average molecular weight is 401 g/mol. The van der Waals surface area contributed by atoms with Gasteiger partial charge in [0, 0.05) is 36.7 Å². The van der Waals surface area contributed by atoms with Crippen molar-refractivity contribution in [2.75, 3.05) is 13.1 Å². The van der Waals surface area contributed by atoms with E-state index in [0.717, 1.165) is 6.08 Å². The summed E-state index contributed by atoms with van der Waals surface area (Å²) in [5.41, 5.74) is 4.91. The molecule has 1 aromatic rings. The van der Waals surface area contributed by atoms with Crippen LogP contribution in [0.4, 0.5) is 0 Å². The van der Waals surface area contributed by atoms with Gasteiger partial charge >= 0.3 is 5.97 Å². The third kappa shape index (κ3) is 5.43. The predicted octanol–water partition coefficient (Wildman–Crippen LogP) is 2.18. The molecule has 0 atom stereocenters. The first-order valence-electron chi connectivity index (χ1n) is 9.43. The highest BCUT2D eigenvalue weighted by atomic mass is 16.4. The van der Waals surface area contributed by atoms with Gasteiger partial charge in [0.1, 0.15) is 17.0 Å². The fourth-order valence-corrected chi connectivity index (χ4v) is 3.30. The van der Waals surface area contributed by atoms with Crippen molar-refractivity contribution in [3.63, 3.8) is 0 Å². The summed E-state index contributed by atoms with van der Waals surface area (Å²) in [6.45, 7) is 3.86. The van der Waals surface area contributed by atoms with E-state index in [9.17, 15) is 19.5 Å². The molecule has 0 unspecified atom stereocenters. The van der Waals surface area contributed by atoms with Gasteiger partial charge in [0.2, 0.25) is 5.91 Å². The van der Waals surface area contributed by atoms with Crippen LogP contribution in [0.15, 0.2) is 30.3 Å². The second-order valence-corrected chi connectivity index (χ2v) is 7.84. The van der Waals surface area contributed by atoms with E-state index in [1.54, 1.807) is 17.0 Å². The van der Waals surface area contributed by atoms with Gasteiger partial charge in [-0.25, -0.2) is 0 Å². The Morgan fingerprint density at radius 1 is 1.14 bits per heavy atom. The van der Waals surface area contributed by atoms with Crippen LogP contribution >= 0.6 is 0 Å². The summed E-state index contributed by atoms with van der Waals surface area (Å²) in [6.07, 6.45) is 2.30. The number of carboxylic acid groups (broad SMARTS) is 1. The first kappa shape index (κ1) is 22.1. The van der Waals surface area contributed by atoms with Crippen molar-refractivity contribution in [1.29, 1.82) is 5.41 Å². The number of ketones is 1. The number of allylic oxidation sites excluding steroid dienone is 1. The zero-order valence-corrected chi connectivity index (χ0v) is 16.6. The quantitative estimate of drug-likeness (QED) is 0.181. The molecule has 0 spiro atoms. The summed E-state index contributed by atoms with van der Waals surface area (Å²) in [5, 5.41) is 26.5. The Morgan fingerprint density at radius 2 is 1.66 bits per heavy atom. The molecule has 1 aliphatic heterocycles. The lowest BCUT2D eigenvalue weighted by atomic mass is 9.84. The second kappa shape index (κ2) is 8.89. The minimum Gasteiger partial charge on any atom is -0.507 e. The Kier molecular flexibility index (Phi) is 6.79. The maximum absolute atomic E-state index is 12.9. The van der Waals surface area contributed by atoms with Gasteiger partial charge in [0.15, 0.2) is 5.78 Å². The number of nitrogens with two attached hydrogens (primary N) is 1. The number of rotatable bonds is 7. The van der Waals surface area contributed by atoms with Crippen LogP contribution in [0.1, 0.15) is 44.2 Å². The number of hydrogen-bond donors (Lipinski definition) is 4. The van der Waals surface area contributed by atoms with Gasteiger partial charge in [-0.3, -0.25) is 19.8 Å². The standard InChI is InChI=1S/C21H27N3O5/c1-21(2,20(29)24-9-7-13(8-10-24)11-18(27)28)17(26)12-16(25)14-3-5-15(6-4-14)19(22)23/h3-6,12-13,25H,7-11H2,1-2H3,(H3,22,23)(H,27,28)/b16-12-. The Balaban J connectivity index is 2.06. The molecule has 1 aliphatic rings. The number of carbonyl (C=O) groups is 3. The van der Waals surface area contributed by atoms with E-state index < -0.39 is 17.2 Å². The van der Waals surface area contributed by atoms with Gasteiger partial charge in [-0.1, -0.05) is 24.3 Å². The van der Waals surface area contributed by atoms with E-state index in [0.29, 0.717) is 37.1 Å². The summed E-state index contributed by atoms with van der Waals surface area (Å²) in [5.74, 6) is -2.05. The van der Waals surface area contributed by atoms with Crippen molar-refractivity contribution < 1.29 is 24.6 Å². The number of nitrogens with zero attached hydrogens (tertiary/aromatic N) is 1. The van der Waals surface area contributed by atoms with Gasteiger partial charge in [-0.15, -0.1) is 0 Å². The molecule has 0 aromatic heterocycles. The smallest absolute Gasteiger partial charge is 0.303 e. The predicted molar refractivity (Wildman–Crippen MR) is 108 cm³/mol. The number of piperidine rings is 1. The molecule has 1 amide bonds. The summed E-state index contributed by atoms with van der Waals surface area (Å²) in [7, 11) is 0. The van der Waals surface area contributed by atoms with E-state index in [1.165, 1.54) is 26.0 Å². The molecule has 156 valence electrons. The fraction of sp³-hybridized carbons (Fsp3) is 0.429. The molecule has 8 nitrogen and oxygen atoms in total. The van der Waals surface area contributed by atoms with Crippen LogP contribution in [0.5, 0.6) is 0 Å². The fourth-order valence-electron chi connectivity index (χ4n) is 3.30. The van der Waals surface area contributed by atoms with Crippen molar-refractivity contribution >= 4 is 29.3 Å². The minimum atomic E-state index is -1.35. The van der Waals surface area contributed by atoms with Gasteiger partial charge in [0.05, 0.1) is 0 Å². The maximum Gasteiger partial charge on any atom is 0.303 e. The summed E-state index contributed by atoms with van der Waals surface area (Å²) >= 11 is 0. The molecule has 1 fully saturated rings. The van der Waals surface area contributed by atoms with Crippen molar-refractivity contribution in [3.05, 3.63) is 41.5 Å². The largest absolute Gasteiger partial charge is 0.507 e. The Labute approximate surface area is 169 Å². The van der Waals surface area contributed by atoms with Crippen molar-refractivity contribution in [2.45, 2.75) is 33.1 Å². The molecule has 5 N–H and O–H groups in total. The van der Waals surface area contributed by atoms with Crippen LogP contribution in [-0.2, 0) is 14.4 Å². The number of amides is 1. The molecular weight excluding hydrogens is 374 g/mol. The number of carboxylic acids is 1. The van der Waals surface area contributed by atoms with Crippen LogP contribution in [-0.4, -0.2) is 51.7 Å². The molecule has 2 rings (SSSR count). The number of benzene rings is 1. The number of nitrogens with one attached hydrogen (secondary N) is 1. The molecule has 0 saturated carbocycles. The molecule has 29 heavy (non-hydrogen) atoms. The highest BCUT2D eigenvalue weighted by Gasteiger charge is 2.39. The molecule has 1 aromatic carbocycles.